The lowest BCUT2D eigenvalue weighted by Crippen LogP contribution is -2.51. The first kappa shape index (κ1) is 13.8. The molecule has 0 bridgehead atoms. The van der Waals surface area contributed by atoms with Crippen LogP contribution in [0.25, 0.3) is 0 Å². The second kappa shape index (κ2) is 5.34. The molecule has 21 heavy (non-hydrogen) atoms. The number of benzene rings is 2. The number of fused-ring (bicyclic) bond motifs is 1. The Bertz CT molecular complexity index is 624. The number of nitrogens with two attached hydrogens (primary N) is 1. The summed E-state index contributed by atoms with van der Waals surface area (Å²) in [5.41, 5.74) is 9.09. The van der Waals surface area contributed by atoms with Crippen LogP contribution in [0, 0.1) is 0 Å². The van der Waals surface area contributed by atoms with Gasteiger partial charge in [0.1, 0.15) is 0 Å². The molecule has 2 aromatic carbocycles. The molecule has 3 nitrogen and oxygen atoms in total. The van der Waals surface area contributed by atoms with Gasteiger partial charge >= 0.3 is 0 Å². The van der Waals surface area contributed by atoms with Gasteiger partial charge < -0.3 is 11.1 Å². The molecule has 1 aliphatic rings. The minimum atomic E-state index is -0.505. The topological polar surface area (TPSA) is 55.1 Å². The summed E-state index contributed by atoms with van der Waals surface area (Å²) in [5, 5.41) is 3.19. The van der Waals surface area contributed by atoms with E-state index in [4.69, 9.17) is 5.73 Å². The Balaban J connectivity index is 2.00. The monoisotopic (exact) mass is 280 g/mol. The van der Waals surface area contributed by atoms with Gasteiger partial charge in [-0.05, 0) is 23.6 Å². The average molecular weight is 280 g/mol. The lowest BCUT2D eigenvalue weighted by molar-refractivity contribution is -0.124. The summed E-state index contributed by atoms with van der Waals surface area (Å²) in [5.74, 6) is -0.105. The van der Waals surface area contributed by atoms with Crippen LogP contribution in [-0.2, 0) is 23.2 Å². The standard InChI is InChI=1S/C18H20N2O/c1-13(19)17(21)20-18(16-9-3-2-4-10-16)11-14-7-5-6-8-15(14)12-18/h2-10,13H,11-12,19H2,1H3,(H,20,21)/t13-/m0/s1. The summed E-state index contributed by atoms with van der Waals surface area (Å²) in [6.07, 6.45) is 1.62. The lowest BCUT2D eigenvalue weighted by Gasteiger charge is -2.32. The quantitative estimate of drug-likeness (QED) is 0.905. The largest absolute Gasteiger partial charge is 0.345 e. The van der Waals surface area contributed by atoms with Crippen LogP contribution in [0.4, 0.5) is 0 Å². The van der Waals surface area contributed by atoms with Crippen LogP contribution in [0.1, 0.15) is 23.6 Å². The van der Waals surface area contributed by atoms with E-state index < -0.39 is 6.04 Å². The SMILES string of the molecule is C[C@H](N)C(=O)NC1(c2ccccc2)Cc2ccccc2C1. The van der Waals surface area contributed by atoms with Gasteiger partial charge in [-0.3, -0.25) is 4.79 Å². The highest BCUT2D eigenvalue weighted by Gasteiger charge is 2.40. The van der Waals surface area contributed by atoms with Crippen molar-refractivity contribution in [1.82, 2.24) is 5.32 Å². The molecule has 0 spiro atoms. The van der Waals surface area contributed by atoms with Gasteiger partial charge in [0.15, 0.2) is 0 Å². The molecule has 1 amide bonds. The van der Waals surface area contributed by atoms with Crippen molar-refractivity contribution in [2.24, 2.45) is 5.73 Å². The van der Waals surface area contributed by atoms with E-state index in [1.807, 2.05) is 30.3 Å². The third kappa shape index (κ3) is 2.57. The maximum Gasteiger partial charge on any atom is 0.237 e. The second-order valence-electron chi connectivity index (χ2n) is 5.85. The number of hydrogen-bond acceptors (Lipinski definition) is 2. The van der Waals surface area contributed by atoms with Crippen LogP contribution < -0.4 is 11.1 Å². The fourth-order valence-corrected chi connectivity index (χ4v) is 3.09. The summed E-state index contributed by atoms with van der Waals surface area (Å²) in [6.45, 7) is 1.72. The highest BCUT2D eigenvalue weighted by Crippen LogP contribution is 2.37. The van der Waals surface area contributed by atoms with E-state index in [0.717, 1.165) is 18.4 Å². The molecule has 2 aromatic rings. The zero-order chi connectivity index (χ0) is 14.9. The molecule has 0 unspecified atom stereocenters. The molecule has 108 valence electrons. The molecule has 0 saturated carbocycles. The van der Waals surface area contributed by atoms with Crippen molar-refractivity contribution >= 4 is 5.91 Å². The van der Waals surface area contributed by atoms with Crippen molar-refractivity contribution in [3.8, 4) is 0 Å². The maximum atomic E-state index is 12.2. The number of nitrogens with one attached hydrogen (secondary N) is 1. The predicted octanol–water partition coefficient (Wildman–Crippen LogP) is 2.14. The molecular formula is C18H20N2O. The van der Waals surface area contributed by atoms with Crippen LogP contribution in [0.2, 0.25) is 0 Å². The average Bonchev–Trinajstić information content (AvgIpc) is 2.87. The van der Waals surface area contributed by atoms with Crippen molar-refractivity contribution in [2.45, 2.75) is 31.3 Å². The van der Waals surface area contributed by atoms with E-state index >= 15 is 0 Å². The molecule has 0 fully saturated rings. The number of rotatable bonds is 3. The van der Waals surface area contributed by atoms with Gasteiger partial charge in [0, 0.05) is 12.8 Å². The van der Waals surface area contributed by atoms with Crippen molar-refractivity contribution in [2.75, 3.05) is 0 Å². The van der Waals surface area contributed by atoms with Gasteiger partial charge in [0.05, 0.1) is 11.6 Å². The minimum Gasteiger partial charge on any atom is -0.345 e. The molecular weight excluding hydrogens is 260 g/mol. The fraction of sp³-hybridized carbons (Fsp3) is 0.278. The molecule has 0 heterocycles. The highest BCUT2D eigenvalue weighted by molar-refractivity contribution is 5.82. The normalized spacial score (nSPS) is 17.0. The molecule has 0 radical (unpaired) electrons. The zero-order valence-corrected chi connectivity index (χ0v) is 12.2. The van der Waals surface area contributed by atoms with Crippen molar-refractivity contribution in [3.05, 3.63) is 71.3 Å². The maximum absolute atomic E-state index is 12.2. The van der Waals surface area contributed by atoms with E-state index in [1.165, 1.54) is 11.1 Å². The van der Waals surface area contributed by atoms with Crippen LogP contribution in [0.5, 0.6) is 0 Å². The summed E-state index contributed by atoms with van der Waals surface area (Å²) >= 11 is 0. The number of amides is 1. The summed E-state index contributed by atoms with van der Waals surface area (Å²) in [4.78, 5) is 12.2. The van der Waals surface area contributed by atoms with Gasteiger partial charge in [-0.25, -0.2) is 0 Å². The van der Waals surface area contributed by atoms with Crippen molar-refractivity contribution in [1.29, 1.82) is 0 Å². The van der Waals surface area contributed by atoms with E-state index in [1.54, 1.807) is 6.92 Å². The lowest BCUT2D eigenvalue weighted by atomic mass is 9.86. The molecule has 1 atom stereocenters. The Morgan fingerprint density at radius 3 is 2.10 bits per heavy atom. The predicted molar refractivity (Wildman–Crippen MR) is 83.8 cm³/mol. The van der Waals surface area contributed by atoms with Gasteiger partial charge in [-0.2, -0.15) is 0 Å². The second-order valence-corrected chi connectivity index (χ2v) is 5.85. The summed E-state index contributed by atoms with van der Waals surface area (Å²) in [7, 11) is 0. The molecule has 0 aromatic heterocycles. The van der Waals surface area contributed by atoms with Crippen molar-refractivity contribution in [3.63, 3.8) is 0 Å². The third-order valence-corrected chi connectivity index (χ3v) is 4.21. The van der Waals surface area contributed by atoms with Gasteiger partial charge in [0.25, 0.3) is 0 Å². The van der Waals surface area contributed by atoms with Gasteiger partial charge in [-0.1, -0.05) is 54.6 Å². The molecule has 0 aliphatic heterocycles. The number of carbonyl (C=O) groups is 1. The molecule has 3 N–H and O–H groups in total. The highest BCUT2D eigenvalue weighted by atomic mass is 16.2. The first-order valence-electron chi connectivity index (χ1n) is 7.31. The molecule has 3 rings (SSSR count). The van der Waals surface area contributed by atoms with Crippen LogP contribution in [0.15, 0.2) is 54.6 Å². The number of carbonyl (C=O) groups excluding carboxylic acids is 1. The Hall–Kier alpha value is -2.13. The molecule has 1 aliphatic carbocycles. The zero-order valence-electron chi connectivity index (χ0n) is 12.2. The van der Waals surface area contributed by atoms with Crippen LogP contribution in [-0.4, -0.2) is 11.9 Å². The Kier molecular flexibility index (Phi) is 3.52. The van der Waals surface area contributed by atoms with Crippen LogP contribution in [0.3, 0.4) is 0 Å². The van der Waals surface area contributed by atoms with Crippen LogP contribution >= 0.6 is 0 Å². The summed E-state index contributed by atoms with van der Waals surface area (Å²) < 4.78 is 0. The van der Waals surface area contributed by atoms with E-state index in [0.29, 0.717) is 0 Å². The van der Waals surface area contributed by atoms with E-state index in [2.05, 4.69) is 29.6 Å². The van der Waals surface area contributed by atoms with Gasteiger partial charge in [-0.15, -0.1) is 0 Å². The van der Waals surface area contributed by atoms with E-state index in [9.17, 15) is 4.79 Å². The minimum absolute atomic E-state index is 0.105. The van der Waals surface area contributed by atoms with E-state index in [-0.39, 0.29) is 11.4 Å². The Labute approximate surface area is 125 Å². The third-order valence-electron chi connectivity index (χ3n) is 4.21. The first-order chi connectivity index (χ1) is 10.1. The smallest absolute Gasteiger partial charge is 0.237 e. The molecule has 0 saturated heterocycles. The first-order valence-corrected chi connectivity index (χ1v) is 7.31. The van der Waals surface area contributed by atoms with Crippen molar-refractivity contribution < 1.29 is 4.79 Å². The van der Waals surface area contributed by atoms with Gasteiger partial charge in [0.2, 0.25) is 5.91 Å². The Morgan fingerprint density at radius 2 is 1.57 bits per heavy atom. The fourth-order valence-electron chi connectivity index (χ4n) is 3.09. The number of hydrogen-bond donors (Lipinski definition) is 2. The Morgan fingerprint density at radius 1 is 1.05 bits per heavy atom. The summed E-state index contributed by atoms with van der Waals surface area (Å²) in [6, 6.07) is 18.0. The molecule has 3 heteroatoms.